The fraction of sp³-hybridized carbons (Fsp3) is 0.444. The lowest BCUT2D eigenvalue weighted by Gasteiger charge is -2.26. The number of likely N-dealkylation sites (N-methyl/N-ethyl adjacent to an activating group) is 1. The molecule has 2 heterocycles. The van der Waals surface area contributed by atoms with E-state index in [1.54, 1.807) is 41.5 Å². The molecule has 0 saturated heterocycles. The first-order valence-electron chi connectivity index (χ1n) is 8.22. The number of carbonyl (C=O) groups is 1. The smallest absolute Gasteiger partial charge is 0.325 e. The molecule has 25 heavy (non-hydrogen) atoms. The van der Waals surface area contributed by atoms with Gasteiger partial charge in [0.25, 0.3) is 0 Å². The Kier molecular flexibility index (Phi) is 5.24. The molecule has 2 aromatic rings. The number of aliphatic carboxylic acids is 1. The van der Waals surface area contributed by atoms with E-state index in [1.807, 2.05) is 5.38 Å². The van der Waals surface area contributed by atoms with E-state index >= 15 is 0 Å². The highest BCUT2D eigenvalue weighted by molar-refractivity contribution is 7.09. The Morgan fingerprint density at radius 3 is 2.68 bits per heavy atom. The van der Waals surface area contributed by atoms with Crippen molar-refractivity contribution in [3.63, 3.8) is 0 Å². The molecule has 3 rings (SSSR count). The molecule has 1 aliphatic heterocycles. The van der Waals surface area contributed by atoms with E-state index in [1.165, 1.54) is 0 Å². The average molecular weight is 362 g/mol. The van der Waals surface area contributed by atoms with Crippen LogP contribution in [0.15, 0.2) is 23.6 Å². The van der Waals surface area contributed by atoms with Crippen LogP contribution in [0.2, 0.25) is 0 Å². The van der Waals surface area contributed by atoms with Crippen molar-refractivity contribution in [2.24, 2.45) is 0 Å². The Labute approximate surface area is 151 Å². The molecule has 0 saturated carbocycles. The van der Waals surface area contributed by atoms with Crippen molar-refractivity contribution in [1.29, 1.82) is 0 Å². The molecular weight excluding hydrogens is 340 g/mol. The van der Waals surface area contributed by atoms with Gasteiger partial charge in [-0.05, 0) is 24.7 Å². The van der Waals surface area contributed by atoms with Crippen LogP contribution in [0.25, 0.3) is 0 Å². The molecule has 1 aromatic carbocycles. The Morgan fingerprint density at radius 2 is 2.04 bits per heavy atom. The van der Waals surface area contributed by atoms with Gasteiger partial charge < -0.3 is 14.6 Å². The summed E-state index contributed by atoms with van der Waals surface area (Å²) in [6.45, 7) is 5.65. The minimum absolute atomic E-state index is 0.372. The summed E-state index contributed by atoms with van der Waals surface area (Å²) >= 11 is 1.61. The molecule has 0 bridgehead atoms. The van der Waals surface area contributed by atoms with Crippen molar-refractivity contribution in [3.8, 4) is 11.5 Å². The number of hydrogen-bond acceptors (Lipinski definition) is 6. The van der Waals surface area contributed by atoms with Crippen LogP contribution in [0.5, 0.6) is 11.5 Å². The van der Waals surface area contributed by atoms with Gasteiger partial charge >= 0.3 is 5.97 Å². The lowest BCUT2D eigenvalue weighted by atomic mass is 10.0. The highest BCUT2D eigenvalue weighted by Gasteiger charge is 2.27. The Balaban J connectivity index is 1.81. The lowest BCUT2D eigenvalue weighted by molar-refractivity contribution is -0.143. The van der Waals surface area contributed by atoms with Crippen molar-refractivity contribution in [1.82, 2.24) is 9.88 Å². The lowest BCUT2D eigenvalue weighted by Crippen LogP contribution is -2.30. The third-order valence-corrected chi connectivity index (χ3v) is 5.23. The maximum absolute atomic E-state index is 11.9. The van der Waals surface area contributed by atoms with Crippen LogP contribution in [-0.4, -0.2) is 41.2 Å². The molecule has 7 heteroatoms. The van der Waals surface area contributed by atoms with Crippen LogP contribution in [0.4, 0.5) is 0 Å². The van der Waals surface area contributed by atoms with E-state index in [-0.39, 0.29) is 0 Å². The third kappa shape index (κ3) is 3.93. The summed E-state index contributed by atoms with van der Waals surface area (Å²) in [6, 6.07) is 4.53. The molecule has 1 atom stereocenters. The quantitative estimate of drug-likeness (QED) is 0.850. The number of hydrogen-bond donors (Lipinski definition) is 1. The molecule has 134 valence electrons. The van der Waals surface area contributed by atoms with Crippen LogP contribution >= 0.6 is 11.3 Å². The number of benzene rings is 1. The molecule has 0 fully saturated rings. The molecule has 0 spiro atoms. The summed E-state index contributed by atoms with van der Waals surface area (Å²) in [4.78, 5) is 18.3. The summed E-state index contributed by atoms with van der Waals surface area (Å²) < 4.78 is 11.1. The molecule has 1 N–H and O–H groups in total. The van der Waals surface area contributed by atoms with Gasteiger partial charge in [-0.3, -0.25) is 9.69 Å². The fourth-order valence-corrected chi connectivity index (χ4v) is 3.65. The highest BCUT2D eigenvalue weighted by atomic mass is 32.1. The SMILES string of the molecule is CC(C)c1nc(CN(C)[C@H](C(=O)O)c2ccc3c(c2)OCCO3)cs1. The molecule has 0 amide bonds. The first-order chi connectivity index (χ1) is 12.0. The Bertz CT molecular complexity index is 759. The maximum Gasteiger partial charge on any atom is 0.325 e. The Hall–Kier alpha value is -2.12. The van der Waals surface area contributed by atoms with Crippen molar-refractivity contribution in [2.45, 2.75) is 32.4 Å². The van der Waals surface area contributed by atoms with E-state index in [9.17, 15) is 9.90 Å². The number of carboxylic acids is 1. The monoisotopic (exact) mass is 362 g/mol. The number of thiazole rings is 1. The summed E-state index contributed by atoms with van der Waals surface area (Å²) in [5, 5.41) is 12.8. The summed E-state index contributed by atoms with van der Waals surface area (Å²) in [7, 11) is 1.80. The maximum atomic E-state index is 11.9. The van der Waals surface area contributed by atoms with Crippen LogP contribution in [-0.2, 0) is 11.3 Å². The molecule has 1 aromatic heterocycles. The molecule has 1 aliphatic rings. The fourth-order valence-electron chi connectivity index (χ4n) is 2.82. The van der Waals surface area contributed by atoms with Crippen molar-refractivity contribution in [2.75, 3.05) is 20.3 Å². The second kappa shape index (κ2) is 7.41. The number of carboxylic acid groups (broad SMARTS) is 1. The zero-order chi connectivity index (χ0) is 18.0. The zero-order valence-corrected chi connectivity index (χ0v) is 15.4. The predicted molar refractivity (Wildman–Crippen MR) is 95.5 cm³/mol. The second-order valence-electron chi connectivity index (χ2n) is 6.39. The predicted octanol–water partition coefficient (Wildman–Crippen LogP) is 3.30. The van der Waals surface area contributed by atoms with Crippen LogP contribution in [0.1, 0.15) is 42.1 Å². The van der Waals surface area contributed by atoms with Gasteiger partial charge in [-0.15, -0.1) is 11.3 Å². The van der Waals surface area contributed by atoms with E-state index in [0.717, 1.165) is 10.7 Å². The van der Waals surface area contributed by atoms with Crippen LogP contribution in [0, 0.1) is 0 Å². The van der Waals surface area contributed by atoms with Gasteiger partial charge in [0.15, 0.2) is 11.5 Å². The van der Waals surface area contributed by atoms with Gasteiger partial charge in [0.1, 0.15) is 19.3 Å². The number of ether oxygens (including phenoxy) is 2. The first-order valence-corrected chi connectivity index (χ1v) is 9.10. The van der Waals surface area contributed by atoms with E-state index in [4.69, 9.17) is 9.47 Å². The number of fused-ring (bicyclic) bond motifs is 1. The molecule has 0 aliphatic carbocycles. The van der Waals surface area contributed by atoms with Gasteiger partial charge in [-0.1, -0.05) is 19.9 Å². The number of rotatable bonds is 6. The topological polar surface area (TPSA) is 71.9 Å². The van der Waals surface area contributed by atoms with Crippen LogP contribution < -0.4 is 9.47 Å². The standard InChI is InChI=1S/C18H22N2O4S/c1-11(2)17-19-13(10-25-17)9-20(3)16(18(21)22)12-4-5-14-15(8-12)24-7-6-23-14/h4-5,8,10-11,16H,6-7,9H2,1-3H3,(H,21,22)/t16-/m0/s1. The number of nitrogens with zero attached hydrogens (tertiary/aromatic N) is 2. The minimum Gasteiger partial charge on any atom is -0.486 e. The molecule has 0 unspecified atom stereocenters. The van der Waals surface area contributed by atoms with Crippen LogP contribution in [0.3, 0.4) is 0 Å². The van der Waals surface area contributed by atoms with Gasteiger partial charge in [-0.2, -0.15) is 0 Å². The largest absolute Gasteiger partial charge is 0.486 e. The number of aromatic nitrogens is 1. The minimum atomic E-state index is -0.904. The second-order valence-corrected chi connectivity index (χ2v) is 7.28. The summed E-state index contributed by atoms with van der Waals surface area (Å²) in [5.41, 5.74) is 1.55. The van der Waals surface area contributed by atoms with E-state index < -0.39 is 12.0 Å². The molecule has 6 nitrogen and oxygen atoms in total. The average Bonchev–Trinajstić information content (AvgIpc) is 3.03. The van der Waals surface area contributed by atoms with Crippen molar-refractivity contribution >= 4 is 17.3 Å². The summed E-state index contributed by atoms with van der Waals surface area (Å²) in [6.07, 6.45) is 0. The Morgan fingerprint density at radius 1 is 1.32 bits per heavy atom. The first kappa shape index (κ1) is 17.7. The van der Waals surface area contributed by atoms with Crippen molar-refractivity contribution in [3.05, 3.63) is 39.8 Å². The van der Waals surface area contributed by atoms with Gasteiger partial charge in [0.2, 0.25) is 0 Å². The van der Waals surface area contributed by atoms with Gasteiger partial charge in [0, 0.05) is 17.8 Å². The third-order valence-electron chi connectivity index (χ3n) is 4.03. The van der Waals surface area contributed by atoms with Gasteiger partial charge in [0.05, 0.1) is 10.7 Å². The van der Waals surface area contributed by atoms with E-state index in [0.29, 0.717) is 42.7 Å². The molecular formula is C18H22N2O4S. The normalized spacial score (nSPS) is 14.8. The molecule has 0 radical (unpaired) electrons. The van der Waals surface area contributed by atoms with E-state index in [2.05, 4.69) is 18.8 Å². The summed E-state index contributed by atoms with van der Waals surface area (Å²) in [5.74, 6) is 0.720. The zero-order valence-electron chi connectivity index (χ0n) is 14.6. The highest BCUT2D eigenvalue weighted by Crippen LogP contribution is 2.34. The van der Waals surface area contributed by atoms with Crippen molar-refractivity contribution < 1.29 is 19.4 Å². The van der Waals surface area contributed by atoms with Gasteiger partial charge in [-0.25, -0.2) is 4.98 Å².